The molecule has 0 aliphatic carbocycles. The van der Waals surface area contributed by atoms with Gasteiger partial charge in [0.05, 0.1) is 6.61 Å². The number of halogens is 3. The molecule has 1 aromatic carbocycles. The molecular formula is C12H18BrFIN3O. The second kappa shape index (κ2) is 10.4. The summed E-state index contributed by atoms with van der Waals surface area (Å²) in [5, 5.41) is 6.17. The van der Waals surface area contributed by atoms with Crippen molar-refractivity contribution in [1.29, 1.82) is 0 Å². The van der Waals surface area contributed by atoms with Gasteiger partial charge in [-0.15, -0.1) is 24.0 Å². The molecule has 0 unspecified atom stereocenters. The molecule has 108 valence electrons. The number of ether oxygens (including phenoxy) is 1. The minimum Gasteiger partial charge on any atom is -0.383 e. The maximum absolute atomic E-state index is 13.2. The Morgan fingerprint density at radius 1 is 1.37 bits per heavy atom. The van der Waals surface area contributed by atoms with Crippen molar-refractivity contribution in [2.24, 2.45) is 4.99 Å². The third-order valence-electron chi connectivity index (χ3n) is 2.20. The Balaban J connectivity index is 0.00000324. The number of hydrogen-bond donors (Lipinski definition) is 2. The van der Waals surface area contributed by atoms with E-state index in [0.29, 0.717) is 25.7 Å². The SMILES string of the molecule is CN=C(NCCOC)NCc1cc(F)cc(Br)c1.I. The second-order valence-corrected chi connectivity index (χ2v) is 4.54. The first-order valence-electron chi connectivity index (χ1n) is 5.54. The highest BCUT2D eigenvalue weighted by atomic mass is 127. The minimum absolute atomic E-state index is 0. The molecular weight excluding hydrogens is 428 g/mol. The van der Waals surface area contributed by atoms with Gasteiger partial charge in [-0.3, -0.25) is 4.99 Å². The van der Waals surface area contributed by atoms with Gasteiger partial charge in [0, 0.05) is 31.7 Å². The number of nitrogens with zero attached hydrogens (tertiary/aromatic N) is 1. The highest BCUT2D eigenvalue weighted by Gasteiger charge is 2.01. The predicted octanol–water partition coefficient (Wildman–Crippen LogP) is 2.52. The summed E-state index contributed by atoms with van der Waals surface area (Å²) in [5.74, 6) is 0.399. The highest BCUT2D eigenvalue weighted by Crippen LogP contribution is 2.14. The van der Waals surface area contributed by atoms with Gasteiger partial charge in [-0.25, -0.2) is 4.39 Å². The Bertz CT molecular complexity index is 398. The maximum atomic E-state index is 13.2. The van der Waals surface area contributed by atoms with Gasteiger partial charge in [-0.1, -0.05) is 15.9 Å². The molecule has 0 amide bonds. The summed E-state index contributed by atoms with van der Waals surface area (Å²) >= 11 is 3.26. The van der Waals surface area contributed by atoms with E-state index in [1.54, 1.807) is 14.2 Å². The van der Waals surface area contributed by atoms with Crippen LogP contribution in [-0.4, -0.2) is 33.3 Å². The summed E-state index contributed by atoms with van der Waals surface area (Å²) in [4.78, 5) is 4.05. The Morgan fingerprint density at radius 3 is 2.68 bits per heavy atom. The second-order valence-electron chi connectivity index (χ2n) is 3.62. The van der Waals surface area contributed by atoms with E-state index >= 15 is 0 Å². The van der Waals surface area contributed by atoms with Crippen molar-refractivity contribution < 1.29 is 9.13 Å². The van der Waals surface area contributed by atoms with E-state index in [2.05, 4.69) is 31.6 Å². The van der Waals surface area contributed by atoms with E-state index in [0.717, 1.165) is 10.0 Å². The van der Waals surface area contributed by atoms with E-state index in [9.17, 15) is 4.39 Å². The van der Waals surface area contributed by atoms with Crippen LogP contribution >= 0.6 is 39.9 Å². The molecule has 4 nitrogen and oxygen atoms in total. The Morgan fingerprint density at radius 2 is 2.11 bits per heavy atom. The van der Waals surface area contributed by atoms with Gasteiger partial charge < -0.3 is 15.4 Å². The Hall–Kier alpha value is -0.410. The van der Waals surface area contributed by atoms with Crippen molar-refractivity contribution in [2.75, 3.05) is 27.3 Å². The average Bonchev–Trinajstić information content (AvgIpc) is 2.32. The van der Waals surface area contributed by atoms with Gasteiger partial charge >= 0.3 is 0 Å². The predicted molar refractivity (Wildman–Crippen MR) is 89.6 cm³/mol. The van der Waals surface area contributed by atoms with Crippen LogP contribution in [0.15, 0.2) is 27.7 Å². The largest absolute Gasteiger partial charge is 0.383 e. The lowest BCUT2D eigenvalue weighted by atomic mass is 10.2. The van der Waals surface area contributed by atoms with Gasteiger partial charge in [-0.05, 0) is 23.8 Å². The van der Waals surface area contributed by atoms with Crippen molar-refractivity contribution in [3.05, 3.63) is 34.1 Å². The molecule has 1 aromatic rings. The molecule has 2 N–H and O–H groups in total. The van der Waals surface area contributed by atoms with Crippen molar-refractivity contribution in [2.45, 2.75) is 6.54 Å². The summed E-state index contributed by atoms with van der Waals surface area (Å²) in [6.45, 7) is 1.78. The molecule has 1 rings (SSSR count). The van der Waals surface area contributed by atoms with Gasteiger partial charge in [0.2, 0.25) is 0 Å². The summed E-state index contributed by atoms with van der Waals surface area (Å²) in [7, 11) is 3.33. The number of hydrogen-bond acceptors (Lipinski definition) is 2. The first-order valence-corrected chi connectivity index (χ1v) is 6.33. The van der Waals surface area contributed by atoms with Gasteiger partial charge in [-0.2, -0.15) is 0 Å². The first-order chi connectivity index (χ1) is 8.65. The fraction of sp³-hybridized carbons (Fsp3) is 0.417. The normalized spacial score (nSPS) is 10.8. The van der Waals surface area contributed by atoms with Crippen LogP contribution in [0.3, 0.4) is 0 Å². The van der Waals surface area contributed by atoms with Crippen LogP contribution in [0.2, 0.25) is 0 Å². The smallest absolute Gasteiger partial charge is 0.191 e. The molecule has 19 heavy (non-hydrogen) atoms. The van der Waals surface area contributed by atoms with E-state index in [1.165, 1.54) is 12.1 Å². The summed E-state index contributed by atoms with van der Waals surface area (Å²) < 4.78 is 18.8. The topological polar surface area (TPSA) is 45.7 Å². The van der Waals surface area contributed by atoms with Crippen molar-refractivity contribution in [3.63, 3.8) is 0 Å². The number of rotatable bonds is 5. The van der Waals surface area contributed by atoms with Crippen LogP contribution in [0.1, 0.15) is 5.56 Å². The van der Waals surface area contributed by atoms with Crippen LogP contribution in [0, 0.1) is 5.82 Å². The molecule has 0 aromatic heterocycles. The molecule has 0 atom stereocenters. The molecule has 0 aliphatic rings. The monoisotopic (exact) mass is 445 g/mol. The van der Waals surface area contributed by atoms with Gasteiger partial charge in [0.1, 0.15) is 5.82 Å². The zero-order chi connectivity index (χ0) is 13.4. The van der Waals surface area contributed by atoms with Crippen molar-refractivity contribution in [1.82, 2.24) is 10.6 Å². The lowest BCUT2D eigenvalue weighted by molar-refractivity contribution is 0.203. The van der Waals surface area contributed by atoms with Crippen LogP contribution in [0.25, 0.3) is 0 Å². The quantitative estimate of drug-likeness (QED) is 0.317. The summed E-state index contributed by atoms with van der Waals surface area (Å²) in [5.41, 5.74) is 0.844. The Kier molecular flexibility index (Phi) is 10.2. The number of guanidine groups is 1. The Labute approximate surface area is 138 Å². The molecule has 7 heteroatoms. The standard InChI is InChI=1S/C12H17BrFN3O.HI/c1-15-12(16-3-4-18-2)17-8-9-5-10(13)7-11(14)6-9;/h5-7H,3-4,8H2,1-2H3,(H2,15,16,17);1H. The van der Waals surface area contributed by atoms with E-state index in [-0.39, 0.29) is 29.8 Å². The lowest BCUT2D eigenvalue weighted by Gasteiger charge is -2.11. The number of aliphatic imine (C=N–C) groups is 1. The summed E-state index contributed by atoms with van der Waals surface area (Å²) in [6, 6.07) is 4.77. The number of benzene rings is 1. The van der Waals surface area contributed by atoms with Gasteiger partial charge in [0.15, 0.2) is 5.96 Å². The average molecular weight is 446 g/mol. The number of nitrogens with one attached hydrogen (secondary N) is 2. The molecule has 0 aliphatic heterocycles. The lowest BCUT2D eigenvalue weighted by Crippen LogP contribution is -2.38. The molecule has 0 saturated heterocycles. The minimum atomic E-state index is -0.261. The van der Waals surface area contributed by atoms with Gasteiger partial charge in [0.25, 0.3) is 0 Å². The number of methoxy groups -OCH3 is 1. The zero-order valence-corrected chi connectivity index (χ0v) is 14.8. The van der Waals surface area contributed by atoms with Crippen molar-refractivity contribution >= 4 is 45.9 Å². The molecule has 0 radical (unpaired) electrons. The molecule has 0 heterocycles. The fourth-order valence-corrected chi connectivity index (χ4v) is 1.90. The van der Waals surface area contributed by atoms with E-state index < -0.39 is 0 Å². The third-order valence-corrected chi connectivity index (χ3v) is 2.66. The van der Waals surface area contributed by atoms with Crippen LogP contribution < -0.4 is 10.6 Å². The highest BCUT2D eigenvalue weighted by molar-refractivity contribution is 14.0. The zero-order valence-electron chi connectivity index (χ0n) is 10.9. The van der Waals surface area contributed by atoms with Crippen LogP contribution in [0.4, 0.5) is 4.39 Å². The summed E-state index contributed by atoms with van der Waals surface area (Å²) in [6.07, 6.45) is 0. The van der Waals surface area contributed by atoms with E-state index in [1.807, 2.05) is 6.07 Å². The van der Waals surface area contributed by atoms with Crippen LogP contribution in [-0.2, 0) is 11.3 Å². The van der Waals surface area contributed by atoms with E-state index in [4.69, 9.17) is 4.74 Å². The molecule has 0 fully saturated rings. The third kappa shape index (κ3) is 7.68. The first kappa shape index (κ1) is 18.6. The van der Waals surface area contributed by atoms with Crippen LogP contribution in [0.5, 0.6) is 0 Å². The fourth-order valence-electron chi connectivity index (χ4n) is 1.39. The maximum Gasteiger partial charge on any atom is 0.191 e. The molecule has 0 saturated carbocycles. The van der Waals surface area contributed by atoms with Crippen molar-refractivity contribution in [3.8, 4) is 0 Å². The molecule has 0 spiro atoms. The molecule has 0 bridgehead atoms.